The van der Waals surface area contributed by atoms with Crippen LogP contribution in [0.4, 0.5) is 0 Å². The molecular weight excluding hydrogens is 230 g/mol. The predicted octanol–water partition coefficient (Wildman–Crippen LogP) is 1.43. The summed E-state index contributed by atoms with van der Waals surface area (Å²) < 4.78 is 1.47. The first kappa shape index (κ1) is 10.8. The van der Waals surface area contributed by atoms with Crippen molar-refractivity contribution in [1.29, 1.82) is 0 Å². The maximum atomic E-state index is 12.0. The van der Waals surface area contributed by atoms with Crippen LogP contribution in [0.15, 0.2) is 12.3 Å². The van der Waals surface area contributed by atoms with Crippen LogP contribution in [-0.4, -0.2) is 30.7 Å². The van der Waals surface area contributed by atoms with Crippen LogP contribution in [0.5, 0.6) is 0 Å². The van der Waals surface area contributed by atoms with Crippen molar-refractivity contribution in [2.75, 3.05) is 0 Å². The molecule has 0 spiro atoms. The zero-order valence-corrected chi connectivity index (χ0v) is 10.5. The van der Waals surface area contributed by atoms with E-state index in [1.165, 1.54) is 11.8 Å². The minimum atomic E-state index is -0.291. The number of hydroxylamine groups is 1. The van der Waals surface area contributed by atoms with Gasteiger partial charge in [-0.3, -0.25) is 5.43 Å². The minimum Gasteiger partial charge on any atom is -0.622 e. The van der Waals surface area contributed by atoms with Gasteiger partial charge in [-0.05, 0) is 13.8 Å². The van der Waals surface area contributed by atoms with E-state index in [4.69, 9.17) is 12.2 Å². The van der Waals surface area contributed by atoms with Crippen molar-refractivity contribution in [3.63, 3.8) is 0 Å². The van der Waals surface area contributed by atoms with E-state index in [1.807, 2.05) is 13.8 Å². The molecule has 15 heavy (non-hydrogen) atoms. The summed E-state index contributed by atoms with van der Waals surface area (Å²) in [5.74, 6) is 0. The van der Waals surface area contributed by atoms with Crippen molar-refractivity contribution in [3.8, 4) is 0 Å². The third-order valence-corrected chi connectivity index (χ3v) is 4.21. The summed E-state index contributed by atoms with van der Waals surface area (Å²) >= 11 is 6.76. The van der Waals surface area contributed by atoms with Gasteiger partial charge in [-0.15, -0.1) is 0 Å². The highest BCUT2D eigenvalue weighted by atomic mass is 32.2. The predicted molar refractivity (Wildman–Crippen MR) is 66.5 cm³/mol. The summed E-state index contributed by atoms with van der Waals surface area (Å²) in [7, 11) is 0. The molecule has 1 N–H and O–H groups in total. The Labute approximate surface area is 98.6 Å². The third kappa shape index (κ3) is 1.43. The van der Waals surface area contributed by atoms with E-state index in [9.17, 15) is 5.21 Å². The van der Waals surface area contributed by atoms with Gasteiger partial charge in [0.05, 0.1) is 0 Å². The van der Waals surface area contributed by atoms with E-state index < -0.39 is 0 Å². The van der Waals surface area contributed by atoms with Crippen LogP contribution in [-0.2, 0) is 0 Å². The second-order valence-electron chi connectivity index (χ2n) is 4.22. The standard InChI is InChI=1S/C9H13N3OS2/c1-5-6(2)12(13)7-9(3,4)15-8(14)11(7)10-5/h7,10H,1H2,2-4H3/t7-/m0/s1. The smallest absolute Gasteiger partial charge is 0.271 e. The van der Waals surface area contributed by atoms with Gasteiger partial charge in [0.15, 0.2) is 4.32 Å². The average molecular weight is 243 g/mol. The van der Waals surface area contributed by atoms with Gasteiger partial charge in [-0.1, -0.05) is 30.6 Å². The Morgan fingerprint density at radius 3 is 2.87 bits per heavy atom. The number of rotatable bonds is 0. The van der Waals surface area contributed by atoms with Gasteiger partial charge in [-0.2, -0.15) is 4.74 Å². The van der Waals surface area contributed by atoms with Crippen LogP contribution in [0.25, 0.3) is 0 Å². The van der Waals surface area contributed by atoms with Crippen molar-refractivity contribution in [2.24, 2.45) is 0 Å². The number of nitrogens with one attached hydrogen (secondary N) is 1. The topological polar surface area (TPSA) is 41.3 Å². The summed E-state index contributed by atoms with van der Waals surface area (Å²) in [6.07, 6.45) is -0.291. The molecule has 0 radical (unpaired) electrons. The summed E-state index contributed by atoms with van der Waals surface area (Å²) in [6.45, 7) is 9.59. The van der Waals surface area contributed by atoms with E-state index in [1.54, 1.807) is 11.9 Å². The zero-order chi connectivity index (χ0) is 11.4. The molecule has 0 aliphatic carbocycles. The van der Waals surface area contributed by atoms with Gasteiger partial charge in [0.2, 0.25) is 5.71 Å². The molecular formula is C9H13N3OS2. The molecule has 1 atom stereocenters. The van der Waals surface area contributed by atoms with Crippen molar-refractivity contribution in [1.82, 2.24) is 10.4 Å². The SMILES string of the molecule is C=C1NN2C(=S)SC(C)(C)[C@@H]2[N+]([O-])=C1C. The van der Waals surface area contributed by atoms with Crippen LogP contribution < -0.4 is 5.43 Å². The summed E-state index contributed by atoms with van der Waals surface area (Å²) in [5.41, 5.74) is 4.29. The fraction of sp³-hybridized carbons (Fsp3) is 0.556. The lowest BCUT2D eigenvalue weighted by Gasteiger charge is -2.35. The van der Waals surface area contributed by atoms with Gasteiger partial charge in [-0.25, -0.2) is 5.01 Å². The normalized spacial score (nSPS) is 29.3. The first-order valence-corrected chi connectivity index (χ1v) is 5.85. The maximum absolute atomic E-state index is 12.0. The molecule has 4 nitrogen and oxygen atoms in total. The molecule has 2 heterocycles. The number of hydrazine groups is 1. The molecule has 0 aromatic carbocycles. The minimum absolute atomic E-state index is 0.214. The van der Waals surface area contributed by atoms with Gasteiger partial charge in [0, 0.05) is 6.92 Å². The first-order valence-electron chi connectivity index (χ1n) is 4.62. The number of thioether (sulfide) groups is 1. The Hall–Kier alpha value is -0.750. The average Bonchev–Trinajstić information content (AvgIpc) is 2.33. The molecule has 6 heteroatoms. The van der Waals surface area contributed by atoms with Gasteiger partial charge in [0.25, 0.3) is 6.17 Å². The number of nitrogens with zero attached hydrogens (tertiary/aromatic N) is 2. The highest BCUT2D eigenvalue weighted by Gasteiger charge is 2.53. The second-order valence-corrected chi connectivity index (χ2v) is 6.50. The largest absolute Gasteiger partial charge is 0.622 e. The maximum Gasteiger partial charge on any atom is 0.271 e. The van der Waals surface area contributed by atoms with E-state index in [0.29, 0.717) is 15.7 Å². The first-order chi connectivity index (χ1) is 6.84. The highest BCUT2D eigenvalue weighted by molar-refractivity contribution is 8.24. The lowest BCUT2D eigenvalue weighted by atomic mass is 10.1. The number of allylic oxidation sites excluding steroid dienone is 1. The Morgan fingerprint density at radius 2 is 2.27 bits per heavy atom. The van der Waals surface area contributed by atoms with Crippen LogP contribution in [0.1, 0.15) is 20.8 Å². The van der Waals surface area contributed by atoms with Gasteiger partial charge >= 0.3 is 0 Å². The summed E-state index contributed by atoms with van der Waals surface area (Å²) in [4.78, 5) is 0. The van der Waals surface area contributed by atoms with E-state index >= 15 is 0 Å². The number of hydrogen-bond acceptors (Lipinski definition) is 4. The number of thiocarbonyl (C=S) groups is 1. The summed E-state index contributed by atoms with van der Waals surface area (Å²) in [6, 6.07) is 0. The third-order valence-electron chi connectivity index (χ3n) is 2.66. The van der Waals surface area contributed by atoms with E-state index in [2.05, 4.69) is 12.0 Å². The lowest BCUT2D eigenvalue weighted by Crippen LogP contribution is -2.58. The van der Waals surface area contributed by atoms with Crippen molar-refractivity contribution in [2.45, 2.75) is 31.7 Å². The van der Waals surface area contributed by atoms with Crippen molar-refractivity contribution >= 4 is 34.0 Å². The molecule has 1 saturated heterocycles. The Morgan fingerprint density at radius 1 is 1.67 bits per heavy atom. The molecule has 82 valence electrons. The quantitative estimate of drug-likeness (QED) is 0.396. The molecule has 0 bridgehead atoms. The van der Waals surface area contributed by atoms with E-state index in [-0.39, 0.29) is 10.9 Å². The monoisotopic (exact) mass is 243 g/mol. The molecule has 0 saturated carbocycles. The zero-order valence-electron chi connectivity index (χ0n) is 8.90. The van der Waals surface area contributed by atoms with Crippen LogP contribution in [0.3, 0.4) is 0 Å². The summed E-state index contributed by atoms with van der Waals surface area (Å²) in [5, 5.41) is 13.8. The Balaban J connectivity index is 2.51. The van der Waals surface area contributed by atoms with Crippen LogP contribution >= 0.6 is 24.0 Å². The molecule has 2 aliphatic rings. The molecule has 0 aromatic rings. The van der Waals surface area contributed by atoms with Crippen molar-refractivity contribution < 1.29 is 4.74 Å². The molecule has 0 amide bonds. The molecule has 1 fully saturated rings. The number of hydrogen-bond donors (Lipinski definition) is 1. The Kier molecular flexibility index (Phi) is 2.24. The fourth-order valence-corrected chi connectivity index (χ4v) is 3.56. The number of fused-ring (bicyclic) bond motifs is 1. The molecule has 2 rings (SSSR count). The fourth-order valence-electron chi connectivity index (χ4n) is 1.77. The molecule has 0 unspecified atom stereocenters. The molecule has 0 aromatic heterocycles. The second kappa shape index (κ2) is 3.12. The van der Waals surface area contributed by atoms with Gasteiger partial charge < -0.3 is 5.21 Å². The van der Waals surface area contributed by atoms with Crippen molar-refractivity contribution in [3.05, 3.63) is 17.5 Å². The van der Waals surface area contributed by atoms with Gasteiger partial charge in [0.1, 0.15) is 10.4 Å². The van der Waals surface area contributed by atoms with E-state index in [0.717, 1.165) is 4.74 Å². The highest BCUT2D eigenvalue weighted by Crippen LogP contribution is 2.41. The Bertz CT molecular complexity index is 389. The van der Waals surface area contributed by atoms with Crippen LogP contribution in [0.2, 0.25) is 0 Å². The van der Waals surface area contributed by atoms with Crippen LogP contribution in [0, 0.1) is 5.21 Å². The lowest BCUT2D eigenvalue weighted by molar-refractivity contribution is -0.536. The molecule has 2 aliphatic heterocycles.